The van der Waals surface area contributed by atoms with Gasteiger partial charge in [-0.15, -0.1) is 0 Å². The van der Waals surface area contributed by atoms with Gasteiger partial charge in [-0.05, 0) is 42.7 Å². The molecule has 8 heteroatoms. The maximum absolute atomic E-state index is 5.60. The molecule has 0 bridgehead atoms. The first-order chi connectivity index (χ1) is 13.3. The van der Waals surface area contributed by atoms with Crippen LogP contribution in [0.2, 0.25) is 0 Å². The van der Waals surface area contributed by atoms with Gasteiger partial charge in [-0.1, -0.05) is 0 Å². The van der Waals surface area contributed by atoms with Crippen LogP contribution in [0.15, 0.2) is 42.9 Å². The molecule has 1 saturated heterocycles. The number of aromatic amines is 1. The second-order valence-corrected chi connectivity index (χ2v) is 7.38. The maximum Gasteiger partial charge on any atom is 0.130 e. The Hall–Kier alpha value is -2.84. The van der Waals surface area contributed by atoms with Crippen LogP contribution < -0.4 is 4.90 Å². The molecule has 1 aliphatic heterocycles. The van der Waals surface area contributed by atoms with E-state index < -0.39 is 0 Å². The molecular weight excluding hydrogens is 360 g/mol. The summed E-state index contributed by atoms with van der Waals surface area (Å²) in [6.07, 6.45) is 5.38. The van der Waals surface area contributed by atoms with Crippen molar-refractivity contribution in [2.75, 3.05) is 24.7 Å². The molecule has 1 atom stereocenters. The Kier molecular flexibility index (Phi) is 4.06. The quantitative estimate of drug-likeness (QED) is 0.589. The maximum atomic E-state index is 5.60. The van der Waals surface area contributed by atoms with E-state index in [1.807, 2.05) is 30.6 Å². The molecular formula is C19H18N6OS. The molecule has 1 aliphatic rings. The fourth-order valence-corrected chi connectivity index (χ4v) is 4.12. The first-order valence-corrected chi connectivity index (χ1v) is 9.63. The van der Waals surface area contributed by atoms with Crippen molar-refractivity contribution >= 4 is 28.3 Å². The lowest BCUT2D eigenvalue weighted by Crippen LogP contribution is -2.44. The normalized spacial score (nSPS) is 17.5. The Morgan fingerprint density at radius 3 is 2.96 bits per heavy atom. The molecule has 0 saturated carbocycles. The fourth-order valence-electron chi connectivity index (χ4n) is 3.50. The Labute approximate surface area is 160 Å². The number of aromatic nitrogens is 5. The summed E-state index contributed by atoms with van der Waals surface area (Å²) in [6.45, 7) is 4.40. The summed E-state index contributed by atoms with van der Waals surface area (Å²) in [6, 6.07) is 8.41. The number of nitrogens with one attached hydrogen (secondary N) is 1. The van der Waals surface area contributed by atoms with Gasteiger partial charge in [-0.2, -0.15) is 5.10 Å². The van der Waals surface area contributed by atoms with Gasteiger partial charge in [0.25, 0.3) is 0 Å². The summed E-state index contributed by atoms with van der Waals surface area (Å²) in [5, 5.41) is 8.14. The fraction of sp³-hybridized carbons (Fsp3) is 0.263. The molecule has 0 amide bonds. The van der Waals surface area contributed by atoms with E-state index in [1.165, 1.54) is 11.5 Å². The third-order valence-corrected chi connectivity index (χ3v) is 5.62. The van der Waals surface area contributed by atoms with Crippen molar-refractivity contribution in [3.05, 3.63) is 42.9 Å². The van der Waals surface area contributed by atoms with E-state index in [1.54, 1.807) is 6.20 Å². The van der Waals surface area contributed by atoms with Crippen molar-refractivity contribution in [1.29, 1.82) is 0 Å². The summed E-state index contributed by atoms with van der Waals surface area (Å²) in [4.78, 5) is 13.0. The highest BCUT2D eigenvalue weighted by Gasteiger charge is 2.23. The minimum absolute atomic E-state index is 0.269. The zero-order valence-corrected chi connectivity index (χ0v) is 15.6. The van der Waals surface area contributed by atoms with Gasteiger partial charge in [0.15, 0.2) is 0 Å². The summed E-state index contributed by atoms with van der Waals surface area (Å²) in [5.41, 5.74) is 3.65. The number of rotatable bonds is 3. The largest absolute Gasteiger partial charge is 0.377 e. The molecule has 4 aromatic rings. The lowest BCUT2D eigenvalue weighted by molar-refractivity contribution is 0.0986. The van der Waals surface area contributed by atoms with Gasteiger partial charge < -0.3 is 9.64 Å². The van der Waals surface area contributed by atoms with Crippen molar-refractivity contribution in [2.24, 2.45) is 0 Å². The second-order valence-electron chi connectivity index (χ2n) is 6.55. The molecule has 0 radical (unpaired) electrons. The lowest BCUT2D eigenvalue weighted by Gasteiger charge is -2.34. The molecule has 5 heterocycles. The van der Waals surface area contributed by atoms with E-state index in [0.29, 0.717) is 13.2 Å². The smallest absolute Gasteiger partial charge is 0.130 e. The van der Waals surface area contributed by atoms with Crippen LogP contribution in [0.25, 0.3) is 32.7 Å². The molecule has 1 N–H and O–H groups in total. The van der Waals surface area contributed by atoms with E-state index in [0.717, 1.165) is 45.1 Å². The number of H-pyrrole nitrogens is 1. The van der Waals surface area contributed by atoms with Crippen LogP contribution in [0.1, 0.15) is 6.92 Å². The highest BCUT2D eigenvalue weighted by Crippen LogP contribution is 2.36. The van der Waals surface area contributed by atoms with Gasteiger partial charge >= 0.3 is 0 Å². The van der Waals surface area contributed by atoms with Crippen LogP contribution in [0.3, 0.4) is 0 Å². The number of anilines is 1. The van der Waals surface area contributed by atoms with Gasteiger partial charge in [0, 0.05) is 36.1 Å². The number of hydrogen-bond donors (Lipinski definition) is 1. The van der Waals surface area contributed by atoms with Crippen molar-refractivity contribution in [3.63, 3.8) is 0 Å². The third kappa shape index (κ3) is 2.87. The third-order valence-electron chi connectivity index (χ3n) is 4.84. The van der Waals surface area contributed by atoms with Crippen LogP contribution in [-0.2, 0) is 4.74 Å². The number of morpholine rings is 1. The van der Waals surface area contributed by atoms with E-state index in [9.17, 15) is 0 Å². The minimum Gasteiger partial charge on any atom is -0.377 e. The molecule has 27 heavy (non-hydrogen) atoms. The average molecular weight is 378 g/mol. The molecule has 7 nitrogen and oxygen atoms in total. The highest BCUT2D eigenvalue weighted by molar-refractivity contribution is 7.09. The summed E-state index contributed by atoms with van der Waals surface area (Å²) in [7, 11) is 0. The van der Waals surface area contributed by atoms with Crippen molar-refractivity contribution < 1.29 is 4.74 Å². The van der Waals surface area contributed by atoms with Gasteiger partial charge in [-0.25, -0.2) is 9.36 Å². The SMILES string of the molecule is CC1COCCN1c1cc(-c2ccns2)c2ccnc(-c3ccn[nH]3)c2n1. The number of hydrogen-bond acceptors (Lipinski definition) is 7. The monoisotopic (exact) mass is 378 g/mol. The Morgan fingerprint density at radius 1 is 1.22 bits per heavy atom. The zero-order valence-electron chi connectivity index (χ0n) is 14.8. The Balaban J connectivity index is 1.78. The van der Waals surface area contributed by atoms with Crippen molar-refractivity contribution in [2.45, 2.75) is 13.0 Å². The highest BCUT2D eigenvalue weighted by atomic mass is 32.1. The average Bonchev–Trinajstić information content (AvgIpc) is 3.41. The van der Waals surface area contributed by atoms with E-state index in [2.05, 4.69) is 37.4 Å². The van der Waals surface area contributed by atoms with Gasteiger partial charge in [-0.3, -0.25) is 10.1 Å². The van der Waals surface area contributed by atoms with Crippen LogP contribution in [-0.4, -0.2) is 50.3 Å². The summed E-state index contributed by atoms with van der Waals surface area (Å²) in [5.74, 6) is 0.940. The first-order valence-electron chi connectivity index (χ1n) is 8.86. The number of nitrogens with zero attached hydrogens (tertiary/aromatic N) is 5. The predicted octanol–water partition coefficient (Wildman–Crippen LogP) is 3.37. The topological polar surface area (TPSA) is 79.8 Å². The lowest BCUT2D eigenvalue weighted by atomic mass is 10.1. The van der Waals surface area contributed by atoms with Crippen LogP contribution in [0.5, 0.6) is 0 Å². The van der Waals surface area contributed by atoms with E-state index in [4.69, 9.17) is 9.72 Å². The number of pyridine rings is 2. The minimum atomic E-state index is 0.269. The Morgan fingerprint density at radius 2 is 2.19 bits per heavy atom. The van der Waals surface area contributed by atoms with E-state index in [-0.39, 0.29) is 6.04 Å². The molecule has 5 rings (SSSR count). The molecule has 1 fully saturated rings. The molecule has 0 aromatic carbocycles. The van der Waals surface area contributed by atoms with Gasteiger partial charge in [0.2, 0.25) is 0 Å². The zero-order chi connectivity index (χ0) is 18.2. The molecule has 0 aliphatic carbocycles. The van der Waals surface area contributed by atoms with Gasteiger partial charge in [0.05, 0.1) is 29.8 Å². The second kappa shape index (κ2) is 6.71. The first kappa shape index (κ1) is 16.3. The molecule has 136 valence electrons. The molecule has 1 unspecified atom stereocenters. The summed E-state index contributed by atoms with van der Waals surface area (Å²) < 4.78 is 9.89. The van der Waals surface area contributed by atoms with Gasteiger partial charge in [0.1, 0.15) is 17.0 Å². The van der Waals surface area contributed by atoms with Crippen molar-refractivity contribution in [1.82, 2.24) is 24.5 Å². The number of ether oxygens (including phenoxy) is 1. The molecule has 0 spiro atoms. The van der Waals surface area contributed by atoms with Crippen LogP contribution in [0, 0.1) is 0 Å². The van der Waals surface area contributed by atoms with Crippen LogP contribution >= 0.6 is 11.5 Å². The predicted molar refractivity (Wildman–Crippen MR) is 106 cm³/mol. The molecule has 4 aromatic heterocycles. The van der Waals surface area contributed by atoms with Crippen LogP contribution in [0.4, 0.5) is 5.82 Å². The summed E-state index contributed by atoms with van der Waals surface area (Å²) >= 11 is 1.49. The number of fused-ring (bicyclic) bond motifs is 1. The Bertz CT molecular complexity index is 1060. The standard InChI is InChI=1S/C19H18N6OS/c1-12-11-26-9-8-25(12)17-10-14(16-4-7-22-27-16)13-2-5-20-19(18(13)23-17)15-3-6-21-24-15/h2-7,10,12H,8-9,11H2,1H3,(H,21,24). The van der Waals surface area contributed by atoms with Crippen molar-refractivity contribution in [3.8, 4) is 21.8 Å². The van der Waals surface area contributed by atoms with E-state index >= 15 is 0 Å².